The van der Waals surface area contributed by atoms with Crippen LogP contribution < -0.4 is 4.90 Å². The number of hydrogen-bond donors (Lipinski definition) is 0. The van der Waals surface area contributed by atoms with E-state index in [1.54, 1.807) is 36.4 Å². The lowest BCUT2D eigenvalue weighted by atomic mass is 10.0. The van der Waals surface area contributed by atoms with E-state index in [4.69, 9.17) is 4.42 Å². The Labute approximate surface area is 147 Å². The maximum atomic E-state index is 13.0. The second-order valence-corrected chi connectivity index (χ2v) is 8.55. The summed E-state index contributed by atoms with van der Waals surface area (Å²) in [5, 5.41) is 0. The number of carbonyl (C=O) groups excluding carboxylic acids is 1. The van der Waals surface area contributed by atoms with Crippen molar-refractivity contribution in [2.75, 3.05) is 25.0 Å². The first-order chi connectivity index (χ1) is 12.0. The van der Waals surface area contributed by atoms with Crippen molar-refractivity contribution >= 4 is 21.6 Å². The summed E-state index contributed by atoms with van der Waals surface area (Å²) in [4.78, 5) is 13.7. The summed E-state index contributed by atoms with van der Waals surface area (Å²) < 4.78 is 32.9. The first-order valence-corrected chi connectivity index (χ1v) is 9.84. The lowest BCUT2D eigenvalue weighted by Gasteiger charge is -2.26. The van der Waals surface area contributed by atoms with Gasteiger partial charge in [0.25, 0.3) is 0 Å². The van der Waals surface area contributed by atoms with Crippen LogP contribution in [-0.4, -0.2) is 38.8 Å². The summed E-state index contributed by atoms with van der Waals surface area (Å²) in [6, 6.07) is 8.77. The number of aryl methyl sites for hydroxylation is 1. The average Bonchev–Trinajstić information content (AvgIpc) is 3.28. The minimum atomic E-state index is -3.54. The molecule has 2 aliphatic heterocycles. The van der Waals surface area contributed by atoms with Crippen LogP contribution in [0.2, 0.25) is 0 Å². The molecule has 4 rings (SSSR count). The molecule has 2 aliphatic rings. The Hall–Kier alpha value is -2.12. The Morgan fingerprint density at radius 1 is 1.20 bits per heavy atom. The van der Waals surface area contributed by atoms with Gasteiger partial charge in [-0.25, -0.2) is 8.42 Å². The normalized spacial score (nSPS) is 21.6. The number of sulfonamides is 1. The Morgan fingerprint density at radius 3 is 2.80 bits per heavy atom. The fourth-order valence-electron chi connectivity index (χ4n) is 3.64. The van der Waals surface area contributed by atoms with Gasteiger partial charge in [0.2, 0.25) is 15.9 Å². The molecule has 0 bridgehead atoms. The van der Waals surface area contributed by atoms with Crippen LogP contribution in [-0.2, 0) is 21.2 Å². The van der Waals surface area contributed by atoms with Crippen LogP contribution in [0.15, 0.2) is 45.9 Å². The molecule has 0 radical (unpaired) electrons. The third-order valence-corrected chi connectivity index (χ3v) is 6.99. The molecule has 6 nitrogen and oxygen atoms in total. The summed E-state index contributed by atoms with van der Waals surface area (Å²) in [5.41, 5.74) is 1.70. The monoisotopic (exact) mass is 360 g/mol. The minimum Gasteiger partial charge on any atom is -0.469 e. The van der Waals surface area contributed by atoms with Crippen LogP contribution in [0.3, 0.4) is 0 Å². The molecule has 2 aromatic rings. The van der Waals surface area contributed by atoms with Crippen molar-refractivity contribution in [2.24, 2.45) is 0 Å². The van der Waals surface area contributed by atoms with Crippen LogP contribution in [0.5, 0.6) is 0 Å². The smallest absolute Gasteiger partial charge is 0.243 e. The van der Waals surface area contributed by atoms with E-state index in [1.165, 1.54) is 4.31 Å². The van der Waals surface area contributed by atoms with Gasteiger partial charge in [0.15, 0.2) is 0 Å². The molecule has 7 heteroatoms. The molecule has 1 saturated heterocycles. The third kappa shape index (κ3) is 2.77. The fourth-order valence-corrected chi connectivity index (χ4v) is 5.20. The van der Waals surface area contributed by atoms with Gasteiger partial charge in [-0.1, -0.05) is 0 Å². The maximum absolute atomic E-state index is 13.0. The van der Waals surface area contributed by atoms with Gasteiger partial charge in [-0.15, -0.1) is 0 Å². The van der Waals surface area contributed by atoms with E-state index in [-0.39, 0.29) is 11.8 Å². The highest BCUT2D eigenvalue weighted by atomic mass is 32.2. The van der Waals surface area contributed by atoms with E-state index >= 15 is 0 Å². The van der Waals surface area contributed by atoms with Gasteiger partial charge in [0, 0.05) is 38.2 Å². The first-order valence-electron chi connectivity index (χ1n) is 8.40. The van der Waals surface area contributed by atoms with Crippen LogP contribution in [0.1, 0.15) is 30.1 Å². The number of amides is 1. The molecule has 1 amide bonds. The summed E-state index contributed by atoms with van der Waals surface area (Å²) in [7, 11) is -1.81. The SMILES string of the molecule is CN1C(=O)CCc2cc(S(=O)(=O)N3CCC(c4ccco4)C3)ccc21. The Kier molecular flexibility index (Phi) is 3.92. The van der Waals surface area contributed by atoms with Crippen LogP contribution in [0.25, 0.3) is 0 Å². The molecule has 1 atom stereocenters. The Bertz CT molecular complexity index is 905. The summed E-state index contributed by atoms with van der Waals surface area (Å²) in [6.07, 6.45) is 3.37. The predicted octanol–water partition coefficient (Wildman–Crippen LogP) is 2.37. The van der Waals surface area contributed by atoms with E-state index in [0.29, 0.717) is 30.8 Å². The average molecular weight is 360 g/mol. The molecule has 132 valence electrons. The molecular formula is C18H20N2O4S. The molecule has 3 heterocycles. The predicted molar refractivity (Wildman–Crippen MR) is 93.0 cm³/mol. The number of anilines is 1. The minimum absolute atomic E-state index is 0.0592. The zero-order chi connectivity index (χ0) is 17.6. The summed E-state index contributed by atoms with van der Waals surface area (Å²) >= 11 is 0. The number of rotatable bonds is 3. The molecule has 1 aromatic heterocycles. The number of fused-ring (bicyclic) bond motifs is 1. The largest absolute Gasteiger partial charge is 0.469 e. The topological polar surface area (TPSA) is 70.8 Å². The van der Waals surface area contributed by atoms with E-state index in [9.17, 15) is 13.2 Å². The second kappa shape index (κ2) is 6.00. The van der Waals surface area contributed by atoms with Gasteiger partial charge in [-0.05, 0) is 48.7 Å². The standard InChI is InChI=1S/C18H20N2O4S/c1-19-16-6-5-15(11-13(16)4-7-18(19)21)25(22,23)20-9-8-14(12-20)17-3-2-10-24-17/h2-3,5-6,10-11,14H,4,7-9,12H2,1H3. The zero-order valence-electron chi connectivity index (χ0n) is 14.0. The van der Waals surface area contributed by atoms with Gasteiger partial charge in [-0.3, -0.25) is 4.79 Å². The van der Waals surface area contributed by atoms with E-state index in [1.807, 2.05) is 12.1 Å². The van der Waals surface area contributed by atoms with Gasteiger partial charge < -0.3 is 9.32 Å². The van der Waals surface area contributed by atoms with Gasteiger partial charge in [0.05, 0.1) is 11.2 Å². The zero-order valence-corrected chi connectivity index (χ0v) is 14.8. The molecule has 1 fully saturated rings. The van der Waals surface area contributed by atoms with E-state index in [0.717, 1.165) is 23.4 Å². The molecule has 0 N–H and O–H groups in total. The lowest BCUT2D eigenvalue weighted by molar-refractivity contribution is -0.118. The summed E-state index contributed by atoms with van der Waals surface area (Å²) in [5.74, 6) is 0.998. The molecular weight excluding hydrogens is 340 g/mol. The van der Waals surface area contributed by atoms with Crippen LogP contribution in [0.4, 0.5) is 5.69 Å². The quantitative estimate of drug-likeness (QED) is 0.842. The summed E-state index contributed by atoms with van der Waals surface area (Å²) in [6.45, 7) is 0.925. The Balaban J connectivity index is 1.60. The van der Waals surface area contributed by atoms with Crippen molar-refractivity contribution in [3.05, 3.63) is 47.9 Å². The first kappa shape index (κ1) is 16.4. The van der Waals surface area contributed by atoms with Crippen molar-refractivity contribution in [2.45, 2.75) is 30.1 Å². The molecule has 1 aromatic carbocycles. The molecule has 0 aliphatic carbocycles. The molecule has 1 unspecified atom stereocenters. The van der Waals surface area contributed by atoms with Gasteiger partial charge >= 0.3 is 0 Å². The highest BCUT2D eigenvalue weighted by Gasteiger charge is 2.35. The van der Waals surface area contributed by atoms with Gasteiger partial charge in [-0.2, -0.15) is 4.31 Å². The number of benzene rings is 1. The Morgan fingerprint density at radius 2 is 2.04 bits per heavy atom. The van der Waals surface area contributed by atoms with Crippen molar-refractivity contribution in [3.63, 3.8) is 0 Å². The highest BCUT2D eigenvalue weighted by Crippen LogP contribution is 2.34. The molecule has 0 saturated carbocycles. The van der Waals surface area contributed by atoms with Crippen LogP contribution >= 0.6 is 0 Å². The van der Waals surface area contributed by atoms with Crippen molar-refractivity contribution in [1.29, 1.82) is 0 Å². The van der Waals surface area contributed by atoms with E-state index in [2.05, 4.69) is 0 Å². The van der Waals surface area contributed by atoms with Crippen molar-refractivity contribution in [1.82, 2.24) is 4.31 Å². The number of nitrogens with zero attached hydrogens (tertiary/aromatic N) is 2. The van der Waals surface area contributed by atoms with Crippen LogP contribution in [0, 0.1) is 0 Å². The fraction of sp³-hybridized carbons (Fsp3) is 0.389. The number of carbonyl (C=O) groups is 1. The van der Waals surface area contributed by atoms with Gasteiger partial charge in [0.1, 0.15) is 5.76 Å². The highest BCUT2D eigenvalue weighted by molar-refractivity contribution is 7.89. The second-order valence-electron chi connectivity index (χ2n) is 6.61. The molecule has 0 spiro atoms. The lowest BCUT2D eigenvalue weighted by Crippen LogP contribution is -2.32. The molecule has 25 heavy (non-hydrogen) atoms. The maximum Gasteiger partial charge on any atom is 0.243 e. The van der Waals surface area contributed by atoms with Crippen molar-refractivity contribution < 1.29 is 17.6 Å². The number of furan rings is 1. The van der Waals surface area contributed by atoms with Crippen molar-refractivity contribution in [3.8, 4) is 0 Å². The third-order valence-electron chi connectivity index (χ3n) is 5.13. The number of hydrogen-bond acceptors (Lipinski definition) is 4. The van der Waals surface area contributed by atoms with E-state index < -0.39 is 10.0 Å².